The third kappa shape index (κ3) is 5.27. The van der Waals surface area contributed by atoms with Gasteiger partial charge < -0.3 is 9.88 Å². The van der Waals surface area contributed by atoms with Crippen LogP contribution in [0.1, 0.15) is 19.2 Å². The maximum Gasteiger partial charge on any atom is 0.279 e. The van der Waals surface area contributed by atoms with Crippen LogP contribution in [-0.2, 0) is 23.8 Å². The number of nitrogens with one attached hydrogen (secondary N) is 2. The molecule has 19 heavy (non-hydrogen) atoms. The van der Waals surface area contributed by atoms with Crippen molar-refractivity contribution in [2.75, 3.05) is 26.7 Å². The highest BCUT2D eigenvalue weighted by Gasteiger charge is 2.17. The molecule has 0 fully saturated rings. The van der Waals surface area contributed by atoms with Crippen LogP contribution < -0.4 is 10.0 Å². The van der Waals surface area contributed by atoms with Gasteiger partial charge in [-0.1, -0.05) is 6.92 Å². The van der Waals surface area contributed by atoms with Crippen LogP contribution >= 0.6 is 0 Å². The molecule has 110 valence electrons. The van der Waals surface area contributed by atoms with Gasteiger partial charge in [0.1, 0.15) is 5.82 Å². The molecule has 1 heterocycles. The average Bonchev–Trinajstić information content (AvgIpc) is 2.77. The molecule has 0 bridgehead atoms. The number of aryl methyl sites for hydroxylation is 1. The van der Waals surface area contributed by atoms with Gasteiger partial charge in [-0.05, 0) is 19.5 Å². The molecule has 0 saturated heterocycles. The van der Waals surface area contributed by atoms with Crippen molar-refractivity contribution in [2.24, 2.45) is 7.05 Å². The second-order valence-electron chi connectivity index (χ2n) is 4.31. The lowest BCUT2D eigenvalue weighted by atomic mass is 10.4. The largest absolute Gasteiger partial charge is 0.337 e. The first-order valence-corrected chi connectivity index (χ1v) is 7.79. The summed E-state index contributed by atoms with van der Waals surface area (Å²) in [5.74, 6) is 0.685. The van der Waals surface area contributed by atoms with Gasteiger partial charge >= 0.3 is 0 Å². The number of hydrogen-bond donors (Lipinski definition) is 2. The van der Waals surface area contributed by atoms with Crippen molar-refractivity contribution >= 4 is 10.2 Å². The number of aromatic nitrogens is 2. The van der Waals surface area contributed by atoms with Crippen LogP contribution in [0, 0.1) is 0 Å². The molecule has 1 aromatic heterocycles. The molecule has 1 aromatic rings. The molecule has 0 radical (unpaired) electrons. The molecule has 7 nitrogen and oxygen atoms in total. The van der Waals surface area contributed by atoms with Crippen molar-refractivity contribution < 1.29 is 8.42 Å². The molecule has 0 atom stereocenters. The molecule has 0 aliphatic carbocycles. The van der Waals surface area contributed by atoms with Crippen LogP contribution in [-0.4, -0.2) is 49.0 Å². The van der Waals surface area contributed by atoms with Gasteiger partial charge in [0, 0.05) is 33.0 Å². The van der Waals surface area contributed by atoms with Gasteiger partial charge in [0.15, 0.2) is 0 Å². The second-order valence-corrected chi connectivity index (χ2v) is 6.17. The van der Waals surface area contributed by atoms with E-state index in [0.717, 1.165) is 19.5 Å². The molecular weight excluding hydrogens is 266 g/mol. The Balaban J connectivity index is 2.40. The summed E-state index contributed by atoms with van der Waals surface area (Å²) in [6, 6.07) is 0. The van der Waals surface area contributed by atoms with Gasteiger partial charge in [0.05, 0.1) is 6.54 Å². The normalized spacial score (nSPS) is 12.2. The predicted octanol–water partition coefficient (Wildman–Crippen LogP) is -0.314. The van der Waals surface area contributed by atoms with Gasteiger partial charge in [0.25, 0.3) is 10.2 Å². The van der Waals surface area contributed by atoms with Crippen LogP contribution in [0.5, 0.6) is 0 Å². The van der Waals surface area contributed by atoms with Gasteiger partial charge in [-0.15, -0.1) is 0 Å². The molecule has 0 aromatic carbocycles. The monoisotopic (exact) mass is 289 g/mol. The lowest BCUT2D eigenvalue weighted by molar-refractivity contribution is 0.444. The Kier molecular flexibility index (Phi) is 6.43. The van der Waals surface area contributed by atoms with E-state index in [2.05, 4.69) is 15.0 Å². The molecule has 0 saturated carbocycles. The van der Waals surface area contributed by atoms with Crippen LogP contribution in [0.4, 0.5) is 0 Å². The Morgan fingerprint density at radius 2 is 2.21 bits per heavy atom. The number of rotatable bonds is 9. The van der Waals surface area contributed by atoms with Crippen molar-refractivity contribution in [3.8, 4) is 0 Å². The summed E-state index contributed by atoms with van der Waals surface area (Å²) in [6.07, 6.45) is 4.21. The zero-order valence-corrected chi connectivity index (χ0v) is 12.6. The van der Waals surface area contributed by atoms with Crippen molar-refractivity contribution in [1.29, 1.82) is 0 Å². The molecule has 0 spiro atoms. The summed E-state index contributed by atoms with van der Waals surface area (Å²) < 4.78 is 29.6. The highest BCUT2D eigenvalue weighted by molar-refractivity contribution is 7.87. The quantitative estimate of drug-likeness (QED) is 0.611. The van der Waals surface area contributed by atoms with Crippen LogP contribution in [0.25, 0.3) is 0 Å². The highest BCUT2D eigenvalue weighted by atomic mass is 32.2. The topological polar surface area (TPSA) is 79.3 Å². The minimum Gasteiger partial charge on any atom is -0.337 e. The fraction of sp³-hybridized carbons (Fsp3) is 0.727. The molecule has 0 aliphatic rings. The maximum atomic E-state index is 12.0. The van der Waals surface area contributed by atoms with Crippen LogP contribution in [0.3, 0.4) is 0 Å². The van der Waals surface area contributed by atoms with E-state index in [-0.39, 0.29) is 6.54 Å². The Hall–Kier alpha value is -0.960. The number of imidazole rings is 1. The first-order chi connectivity index (χ1) is 8.97. The lowest BCUT2D eigenvalue weighted by Gasteiger charge is -2.17. The molecule has 2 N–H and O–H groups in total. The second kappa shape index (κ2) is 7.59. The summed E-state index contributed by atoms with van der Waals surface area (Å²) in [7, 11) is -0.0319. The first kappa shape index (κ1) is 16.1. The Morgan fingerprint density at radius 1 is 1.47 bits per heavy atom. The van der Waals surface area contributed by atoms with E-state index in [1.54, 1.807) is 24.0 Å². The van der Waals surface area contributed by atoms with E-state index in [1.807, 2.05) is 14.0 Å². The fourth-order valence-corrected chi connectivity index (χ4v) is 2.46. The van der Waals surface area contributed by atoms with Crippen molar-refractivity contribution in [3.63, 3.8) is 0 Å². The van der Waals surface area contributed by atoms with E-state index < -0.39 is 10.2 Å². The van der Waals surface area contributed by atoms with E-state index >= 15 is 0 Å². The molecule has 0 unspecified atom stereocenters. The summed E-state index contributed by atoms with van der Waals surface area (Å²) in [5, 5.41) is 3.16. The standard InChI is InChI=1S/C11H23N5O2S/c1-4-12-6-5-8-16(3)19(17,18)14-10-11-13-7-9-15(11)2/h7,9,12,14H,4-6,8,10H2,1-3H3. The zero-order chi connectivity index (χ0) is 14.3. The first-order valence-electron chi connectivity index (χ1n) is 6.35. The minimum absolute atomic E-state index is 0.198. The zero-order valence-electron chi connectivity index (χ0n) is 11.8. The number of nitrogens with zero attached hydrogens (tertiary/aromatic N) is 3. The van der Waals surface area contributed by atoms with Crippen LogP contribution in [0.15, 0.2) is 12.4 Å². The van der Waals surface area contributed by atoms with E-state index in [0.29, 0.717) is 12.4 Å². The molecule has 1 rings (SSSR count). The fourth-order valence-electron chi connectivity index (χ4n) is 1.56. The highest BCUT2D eigenvalue weighted by Crippen LogP contribution is 1.99. The molecule has 8 heteroatoms. The third-order valence-electron chi connectivity index (χ3n) is 2.82. The van der Waals surface area contributed by atoms with Gasteiger partial charge in [-0.3, -0.25) is 0 Å². The molecular formula is C11H23N5O2S. The van der Waals surface area contributed by atoms with Gasteiger partial charge in [-0.2, -0.15) is 17.4 Å². The van der Waals surface area contributed by atoms with E-state index in [4.69, 9.17) is 0 Å². The molecule has 0 aliphatic heterocycles. The van der Waals surface area contributed by atoms with Crippen LogP contribution in [0.2, 0.25) is 0 Å². The third-order valence-corrected chi connectivity index (χ3v) is 4.33. The van der Waals surface area contributed by atoms with Gasteiger partial charge in [0.2, 0.25) is 0 Å². The van der Waals surface area contributed by atoms with E-state index in [1.165, 1.54) is 4.31 Å². The van der Waals surface area contributed by atoms with Crippen molar-refractivity contribution in [3.05, 3.63) is 18.2 Å². The smallest absolute Gasteiger partial charge is 0.279 e. The average molecular weight is 289 g/mol. The SMILES string of the molecule is CCNCCCN(C)S(=O)(=O)NCc1nccn1C. The summed E-state index contributed by atoms with van der Waals surface area (Å²) in [5.41, 5.74) is 0. The van der Waals surface area contributed by atoms with Crippen molar-refractivity contribution in [1.82, 2.24) is 23.9 Å². The Labute approximate surface area is 115 Å². The summed E-state index contributed by atoms with van der Waals surface area (Å²) in [6.45, 7) is 4.42. The van der Waals surface area contributed by atoms with Gasteiger partial charge in [-0.25, -0.2) is 4.98 Å². The van der Waals surface area contributed by atoms with Crippen molar-refractivity contribution in [2.45, 2.75) is 19.9 Å². The summed E-state index contributed by atoms with van der Waals surface area (Å²) in [4.78, 5) is 4.07. The summed E-state index contributed by atoms with van der Waals surface area (Å²) >= 11 is 0. The van der Waals surface area contributed by atoms with E-state index in [9.17, 15) is 8.42 Å². The Bertz CT molecular complexity index is 471. The lowest BCUT2D eigenvalue weighted by Crippen LogP contribution is -2.39. The number of hydrogen-bond acceptors (Lipinski definition) is 4. The maximum absolute atomic E-state index is 12.0. The Morgan fingerprint density at radius 3 is 2.79 bits per heavy atom. The minimum atomic E-state index is -3.44. The molecule has 0 amide bonds. The predicted molar refractivity (Wildman–Crippen MR) is 74.8 cm³/mol.